The fraction of sp³-hybridized carbons (Fsp3) is 0.316. The number of aliphatic carboxylic acids is 1. The van der Waals surface area contributed by atoms with Crippen molar-refractivity contribution in [3.8, 4) is 0 Å². The molecule has 140 valence electrons. The average Bonchev–Trinajstić information content (AvgIpc) is 3.07. The largest absolute Gasteiger partial charge is 0.477 e. The number of rotatable bonds is 4. The Balaban J connectivity index is 1.62. The Morgan fingerprint density at radius 2 is 2.07 bits per heavy atom. The van der Waals surface area contributed by atoms with E-state index in [1.165, 1.54) is 0 Å². The molecule has 4 rings (SSSR count). The molecule has 0 unspecified atom stereocenters. The Labute approximate surface area is 155 Å². The van der Waals surface area contributed by atoms with E-state index >= 15 is 0 Å². The van der Waals surface area contributed by atoms with Crippen molar-refractivity contribution in [2.24, 2.45) is 0 Å². The summed E-state index contributed by atoms with van der Waals surface area (Å²) in [6, 6.07) is 3.66. The third-order valence-corrected chi connectivity index (χ3v) is 4.74. The highest BCUT2D eigenvalue weighted by molar-refractivity contribution is 6.26. The van der Waals surface area contributed by atoms with Gasteiger partial charge in [0.25, 0.3) is 0 Å². The standard InChI is InChI=1S/C19H20N4O4/c24-16-14(10-12-11-21-17-13(12)6-5-7-20-17)27-18(15(16)19(25)26)22-23-8-3-1-2-4-9-23/h5-7,10-11,22H,1-4,8-9H2,(H,20,21)(H,25,26). The van der Waals surface area contributed by atoms with E-state index in [0.29, 0.717) is 11.2 Å². The zero-order valence-corrected chi connectivity index (χ0v) is 14.7. The lowest BCUT2D eigenvalue weighted by Gasteiger charge is -2.22. The van der Waals surface area contributed by atoms with Gasteiger partial charge in [-0.1, -0.05) is 12.8 Å². The number of hydrogen-bond donors (Lipinski definition) is 3. The van der Waals surface area contributed by atoms with Crippen LogP contribution in [0.25, 0.3) is 17.1 Å². The van der Waals surface area contributed by atoms with E-state index in [1.807, 2.05) is 11.1 Å². The molecule has 0 aliphatic carbocycles. The summed E-state index contributed by atoms with van der Waals surface area (Å²) in [5, 5.41) is 12.2. The van der Waals surface area contributed by atoms with E-state index in [-0.39, 0.29) is 17.2 Å². The van der Waals surface area contributed by atoms with Gasteiger partial charge in [-0.25, -0.2) is 14.8 Å². The molecule has 0 amide bonds. The van der Waals surface area contributed by atoms with Gasteiger partial charge in [0.15, 0.2) is 11.3 Å². The first-order chi connectivity index (χ1) is 13.1. The second-order valence-electron chi connectivity index (χ2n) is 6.61. The van der Waals surface area contributed by atoms with Crippen LogP contribution in [0.4, 0.5) is 0 Å². The van der Waals surface area contributed by atoms with E-state index in [0.717, 1.165) is 44.2 Å². The molecule has 27 heavy (non-hydrogen) atoms. The summed E-state index contributed by atoms with van der Waals surface area (Å²) in [6.07, 6.45) is 9.24. The van der Waals surface area contributed by atoms with E-state index in [4.69, 9.17) is 4.74 Å². The van der Waals surface area contributed by atoms with Crippen LogP contribution in [-0.2, 0) is 14.3 Å². The van der Waals surface area contributed by atoms with E-state index in [2.05, 4.69) is 15.4 Å². The SMILES string of the molecule is O=C(O)C1=C(NN2CCCCCC2)OC(=Cc2c[nH]c3ncccc23)C1=O. The number of pyridine rings is 1. The van der Waals surface area contributed by atoms with Gasteiger partial charge >= 0.3 is 5.97 Å². The molecule has 4 heterocycles. The van der Waals surface area contributed by atoms with Gasteiger partial charge in [0, 0.05) is 36.4 Å². The molecule has 8 nitrogen and oxygen atoms in total. The number of carbonyl (C=O) groups excluding carboxylic acids is 1. The first kappa shape index (κ1) is 17.3. The van der Waals surface area contributed by atoms with Crippen molar-refractivity contribution in [1.82, 2.24) is 20.4 Å². The Morgan fingerprint density at radius 3 is 2.81 bits per heavy atom. The number of Topliss-reactive ketones (excluding diaryl/α,β-unsaturated/α-hetero) is 1. The Kier molecular flexibility index (Phi) is 4.64. The Bertz CT molecular complexity index is 952. The molecule has 0 bridgehead atoms. The molecule has 1 saturated heterocycles. The number of fused-ring (bicyclic) bond motifs is 1. The third-order valence-electron chi connectivity index (χ3n) is 4.74. The van der Waals surface area contributed by atoms with Crippen LogP contribution in [0.5, 0.6) is 0 Å². The van der Waals surface area contributed by atoms with Gasteiger partial charge in [-0.3, -0.25) is 10.2 Å². The van der Waals surface area contributed by atoms with Crippen molar-refractivity contribution in [3.63, 3.8) is 0 Å². The maximum Gasteiger partial charge on any atom is 0.345 e. The highest BCUT2D eigenvalue weighted by Crippen LogP contribution is 2.28. The highest BCUT2D eigenvalue weighted by atomic mass is 16.5. The number of carboxylic acids is 1. The summed E-state index contributed by atoms with van der Waals surface area (Å²) < 4.78 is 5.64. The van der Waals surface area contributed by atoms with E-state index in [1.54, 1.807) is 24.5 Å². The molecular weight excluding hydrogens is 348 g/mol. The van der Waals surface area contributed by atoms with Crippen LogP contribution in [0, 0.1) is 0 Å². The normalized spacial score (nSPS) is 20.1. The van der Waals surface area contributed by atoms with Crippen LogP contribution in [0.2, 0.25) is 0 Å². The predicted molar refractivity (Wildman–Crippen MR) is 98.0 cm³/mol. The molecule has 2 aliphatic heterocycles. The van der Waals surface area contributed by atoms with E-state index < -0.39 is 11.8 Å². The van der Waals surface area contributed by atoms with Crippen LogP contribution < -0.4 is 5.43 Å². The number of nitrogens with one attached hydrogen (secondary N) is 2. The predicted octanol–water partition coefficient (Wildman–Crippen LogP) is 2.18. The molecular formula is C19H20N4O4. The molecule has 0 saturated carbocycles. The van der Waals surface area contributed by atoms with Gasteiger partial charge in [0.1, 0.15) is 5.65 Å². The smallest absolute Gasteiger partial charge is 0.345 e. The Morgan fingerprint density at radius 1 is 1.30 bits per heavy atom. The number of ketones is 1. The van der Waals surface area contributed by atoms with Crippen molar-refractivity contribution in [2.75, 3.05) is 13.1 Å². The lowest BCUT2D eigenvalue weighted by molar-refractivity contribution is -0.134. The van der Waals surface area contributed by atoms with Gasteiger partial charge in [-0.15, -0.1) is 0 Å². The number of carbonyl (C=O) groups is 2. The Hall–Kier alpha value is -3.13. The first-order valence-corrected chi connectivity index (χ1v) is 8.99. The molecule has 3 N–H and O–H groups in total. The maximum atomic E-state index is 12.6. The minimum Gasteiger partial charge on any atom is -0.477 e. The second kappa shape index (κ2) is 7.24. The number of aromatic amines is 1. The summed E-state index contributed by atoms with van der Waals surface area (Å²) in [7, 11) is 0. The molecule has 2 aliphatic rings. The summed E-state index contributed by atoms with van der Waals surface area (Å²) in [4.78, 5) is 31.5. The quantitative estimate of drug-likeness (QED) is 0.561. The van der Waals surface area contributed by atoms with Crippen molar-refractivity contribution >= 4 is 28.9 Å². The van der Waals surface area contributed by atoms with E-state index in [9.17, 15) is 14.7 Å². The topological polar surface area (TPSA) is 108 Å². The summed E-state index contributed by atoms with van der Waals surface area (Å²) in [6.45, 7) is 1.56. The van der Waals surface area contributed by atoms with Gasteiger partial charge in [0.05, 0.1) is 0 Å². The van der Waals surface area contributed by atoms with Crippen molar-refractivity contribution in [1.29, 1.82) is 0 Å². The number of nitrogens with zero attached hydrogens (tertiary/aromatic N) is 2. The highest BCUT2D eigenvalue weighted by Gasteiger charge is 2.36. The van der Waals surface area contributed by atoms with Crippen molar-refractivity contribution in [3.05, 3.63) is 47.3 Å². The number of aromatic nitrogens is 2. The first-order valence-electron chi connectivity index (χ1n) is 8.99. The van der Waals surface area contributed by atoms with Crippen LogP contribution in [-0.4, -0.2) is 44.9 Å². The fourth-order valence-corrected chi connectivity index (χ4v) is 3.37. The monoisotopic (exact) mass is 368 g/mol. The molecule has 0 aromatic carbocycles. The number of hydrazine groups is 1. The summed E-state index contributed by atoms with van der Waals surface area (Å²) in [5.74, 6) is -1.98. The molecule has 1 fully saturated rings. The lowest BCUT2D eigenvalue weighted by atomic mass is 10.1. The zero-order valence-electron chi connectivity index (χ0n) is 14.7. The van der Waals surface area contributed by atoms with Crippen LogP contribution in [0.15, 0.2) is 41.7 Å². The molecule has 8 heteroatoms. The van der Waals surface area contributed by atoms with Crippen LogP contribution >= 0.6 is 0 Å². The van der Waals surface area contributed by atoms with Crippen molar-refractivity contribution in [2.45, 2.75) is 25.7 Å². The minimum absolute atomic E-state index is 0.0152. The number of ether oxygens (including phenoxy) is 1. The van der Waals surface area contributed by atoms with Crippen LogP contribution in [0.1, 0.15) is 31.2 Å². The van der Waals surface area contributed by atoms with Crippen LogP contribution in [0.3, 0.4) is 0 Å². The lowest BCUT2D eigenvalue weighted by Crippen LogP contribution is -2.39. The molecule has 0 spiro atoms. The molecule has 0 atom stereocenters. The summed E-state index contributed by atoms with van der Waals surface area (Å²) in [5.41, 5.74) is 4.02. The minimum atomic E-state index is -1.30. The summed E-state index contributed by atoms with van der Waals surface area (Å²) >= 11 is 0. The molecule has 0 radical (unpaired) electrons. The fourth-order valence-electron chi connectivity index (χ4n) is 3.37. The second-order valence-corrected chi connectivity index (χ2v) is 6.61. The van der Waals surface area contributed by atoms with Gasteiger partial charge in [-0.2, -0.15) is 0 Å². The maximum absolute atomic E-state index is 12.6. The third kappa shape index (κ3) is 3.43. The number of allylic oxidation sites excluding steroid dienone is 1. The number of H-pyrrole nitrogens is 1. The molecule has 2 aromatic rings. The average molecular weight is 368 g/mol. The number of carboxylic acid groups (broad SMARTS) is 1. The van der Waals surface area contributed by atoms with Gasteiger partial charge in [0.2, 0.25) is 11.7 Å². The zero-order chi connectivity index (χ0) is 18.8. The van der Waals surface area contributed by atoms with Gasteiger partial charge < -0.3 is 14.8 Å². The number of hydrogen-bond acceptors (Lipinski definition) is 6. The molecule has 2 aromatic heterocycles. The van der Waals surface area contributed by atoms with Crippen molar-refractivity contribution < 1.29 is 19.4 Å². The van der Waals surface area contributed by atoms with Gasteiger partial charge in [-0.05, 0) is 31.1 Å².